The number of hydrogen-bond acceptors (Lipinski definition) is 2. The first-order valence-electron chi connectivity index (χ1n) is 8.68. The molecule has 2 aromatic carbocycles. The Bertz CT molecular complexity index is 941. The van der Waals surface area contributed by atoms with Crippen LogP contribution in [0.4, 0.5) is 26.3 Å². The first-order valence-corrected chi connectivity index (χ1v) is 8.68. The maximum Gasteiger partial charge on any atom is 0.416 e. The van der Waals surface area contributed by atoms with E-state index in [4.69, 9.17) is 4.74 Å². The van der Waals surface area contributed by atoms with Crippen molar-refractivity contribution >= 4 is 11.5 Å². The number of ether oxygens (including phenoxy) is 1. The highest BCUT2D eigenvalue weighted by molar-refractivity contribution is 6.15. The molecule has 0 amide bonds. The third kappa shape index (κ3) is 3.52. The van der Waals surface area contributed by atoms with Crippen molar-refractivity contribution in [2.45, 2.75) is 31.6 Å². The van der Waals surface area contributed by atoms with E-state index in [2.05, 4.69) is 0 Å². The zero-order chi connectivity index (χ0) is 21.6. The SMILES string of the molecule is CCOC(=O)C1(c2cc(C(F)(F)F)cc(C(F)(F)F)c2)C(C)=C1c1ccccc1. The summed E-state index contributed by atoms with van der Waals surface area (Å²) in [5.41, 5.74) is -3.90. The van der Waals surface area contributed by atoms with Crippen LogP contribution < -0.4 is 0 Å². The Hall–Kier alpha value is -2.77. The van der Waals surface area contributed by atoms with Crippen molar-refractivity contribution in [1.82, 2.24) is 0 Å². The fourth-order valence-electron chi connectivity index (χ4n) is 3.59. The molecular formula is C21H16F6O2. The molecule has 0 heterocycles. The maximum atomic E-state index is 13.3. The van der Waals surface area contributed by atoms with Crippen LogP contribution in [0.5, 0.6) is 0 Å². The number of esters is 1. The number of rotatable bonds is 4. The van der Waals surface area contributed by atoms with E-state index in [-0.39, 0.29) is 12.7 Å². The molecule has 8 heteroatoms. The predicted molar refractivity (Wildman–Crippen MR) is 93.8 cm³/mol. The normalized spacial score (nSPS) is 19.3. The van der Waals surface area contributed by atoms with Crippen molar-refractivity contribution in [3.63, 3.8) is 0 Å². The molecule has 3 rings (SSSR count). The van der Waals surface area contributed by atoms with E-state index in [1.165, 1.54) is 13.8 Å². The number of carbonyl (C=O) groups is 1. The zero-order valence-corrected chi connectivity index (χ0v) is 15.4. The smallest absolute Gasteiger partial charge is 0.416 e. The Kier molecular flexibility index (Phi) is 5.01. The molecule has 2 nitrogen and oxygen atoms in total. The van der Waals surface area contributed by atoms with Crippen LogP contribution in [0.15, 0.2) is 54.1 Å². The summed E-state index contributed by atoms with van der Waals surface area (Å²) in [7, 11) is 0. The van der Waals surface area contributed by atoms with Gasteiger partial charge in [-0.05, 0) is 54.3 Å². The second-order valence-electron chi connectivity index (χ2n) is 6.63. The lowest BCUT2D eigenvalue weighted by Crippen LogP contribution is -2.29. The van der Waals surface area contributed by atoms with Crippen LogP contribution in [0.25, 0.3) is 5.57 Å². The Morgan fingerprint density at radius 2 is 1.45 bits per heavy atom. The monoisotopic (exact) mass is 414 g/mol. The molecule has 0 aliphatic heterocycles. The van der Waals surface area contributed by atoms with E-state index in [0.717, 1.165) is 0 Å². The van der Waals surface area contributed by atoms with Crippen molar-refractivity contribution in [3.05, 3.63) is 76.4 Å². The van der Waals surface area contributed by atoms with Crippen molar-refractivity contribution in [3.8, 4) is 0 Å². The summed E-state index contributed by atoms with van der Waals surface area (Å²) in [6, 6.07) is 9.53. The average molecular weight is 414 g/mol. The lowest BCUT2D eigenvalue weighted by molar-refractivity contribution is -0.147. The number of benzene rings is 2. The third-order valence-corrected chi connectivity index (χ3v) is 4.91. The van der Waals surface area contributed by atoms with Crippen LogP contribution in [-0.4, -0.2) is 12.6 Å². The third-order valence-electron chi connectivity index (χ3n) is 4.91. The molecular weight excluding hydrogens is 398 g/mol. The standard InChI is InChI=1S/C21H16F6O2/c1-3-29-18(28)19(12(2)17(19)13-7-5-4-6-8-13)14-9-15(20(22,23)24)11-16(10-14)21(25,26)27/h4-11H,3H2,1-2H3. The van der Waals surface area contributed by atoms with Gasteiger partial charge in [0, 0.05) is 0 Å². The van der Waals surface area contributed by atoms with Gasteiger partial charge in [0.2, 0.25) is 0 Å². The van der Waals surface area contributed by atoms with Crippen LogP contribution in [0.3, 0.4) is 0 Å². The molecule has 0 bridgehead atoms. The topological polar surface area (TPSA) is 26.3 Å². The molecule has 29 heavy (non-hydrogen) atoms. The zero-order valence-electron chi connectivity index (χ0n) is 15.4. The minimum atomic E-state index is -5.01. The van der Waals surface area contributed by atoms with Crippen molar-refractivity contribution in [2.75, 3.05) is 6.61 Å². The van der Waals surface area contributed by atoms with Gasteiger partial charge >= 0.3 is 18.3 Å². The predicted octanol–water partition coefficient (Wildman–Crippen LogP) is 6.01. The van der Waals surface area contributed by atoms with Gasteiger partial charge in [-0.25, -0.2) is 0 Å². The van der Waals surface area contributed by atoms with Crippen molar-refractivity contribution in [2.24, 2.45) is 0 Å². The van der Waals surface area contributed by atoms with Gasteiger partial charge in [0.15, 0.2) is 0 Å². The van der Waals surface area contributed by atoms with Gasteiger partial charge in [-0.15, -0.1) is 0 Å². The van der Waals surface area contributed by atoms with Crippen molar-refractivity contribution < 1.29 is 35.9 Å². The molecule has 2 aromatic rings. The van der Waals surface area contributed by atoms with Gasteiger partial charge < -0.3 is 4.74 Å². The minimum absolute atomic E-state index is 0.0439. The highest BCUT2D eigenvalue weighted by Crippen LogP contribution is 2.61. The minimum Gasteiger partial charge on any atom is -0.465 e. The Morgan fingerprint density at radius 3 is 1.90 bits per heavy atom. The molecule has 1 unspecified atom stereocenters. The molecule has 1 aliphatic rings. The quantitative estimate of drug-likeness (QED) is 0.452. The van der Waals surface area contributed by atoms with E-state index in [0.29, 0.717) is 28.8 Å². The summed E-state index contributed by atoms with van der Waals surface area (Å²) in [6.07, 6.45) is -10.0. The van der Waals surface area contributed by atoms with Gasteiger partial charge in [-0.1, -0.05) is 30.3 Å². The Balaban J connectivity index is 2.25. The van der Waals surface area contributed by atoms with Gasteiger partial charge in [0.1, 0.15) is 5.41 Å². The fraction of sp³-hybridized carbons (Fsp3) is 0.286. The van der Waals surface area contributed by atoms with Crippen molar-refractivity contribution in [1.29, 1.82) is 0 Å². The molecule has 0 radical (unpaired) electrons. The molecule has 1 aliphatic carbocycles. The van der Waals surface area contributed by atoms with E-state index >= 15 is 0 Å². The molecule has 1 atom stereocenters. The highest BCUT2D eigenvalue weighted by atomic mass is 19.4. The van der Waals surface area contributed by atoms with Crippen LogP contribution in [-0.2, 0) is 27.3 Å². The van der Waals surface area contributed by atoms with Gasteiger partial charge in [-0.3, -0.25) is 4.79 Å². The van der Waals surface area contributed by atoms with Crippen LogP contribution >= 0.6 is 0 Å². The lowest BCUT2D eigenvalue weighted by Gasteiger charge is -2.22. The summed E-state index contributed by atoms with van der Waals surface area (Å²) in [5.74, 6) is -0.899. The Labute approximate surface area is 162 Å². The molecule has 0 fully saturated rings. The summed E-state index contributed by atoms with van der Waals surface area (Å²) < 4.78 is 84.9. The van der Waals surface area contributed by atoms with Crippen LogP contribution in [0.1, 0.15) is 36.1 Å². The molecule has 0 N–H and O–H groups in total. The number of carbonyl (C=O) groups excluding carboxylic acids is 1. The number of halogens is 6. The van der Waals surface area contributed by atoms with Gasteiger partial charge in [-0.2, -0.15) is 26.3 Å². The van der Waals surface area contributed by atoms with Gasteiger partial charge in [0.05, 0.1) is 17.7 Å². The second kappa shape index (κ2) is 6.93. The van der Waals surface area contributed by atoms with E-state index < -0.39 is 40.4 Å². The highest BCUT2D eigenvalue weighted by Gasteiger charge is 2.60. The molecule has 0 aromatic heterocycles. The number of alkyl halides is 6. The van der Waals surface area contributed by atoms with E-state index in [1.54, 1.807) is 30.3 Å². The number of hydrogen-bond donors (Lipinski definition) is 0. The van der Waals surface area contributed by atoms with E-state index in [9.17, 15) is 31.1 Å². The average Bonchev–Trinajstić information content (AvgIpc) is 3.27. The van der Waals surface area contributed by atoms with E-state index in [1.807, 2.05) is 0 Å². The largest absolute Gasteiger partial charge is 0.465 e. The Morgan fingerprint density at radius 1 is 0.931 bits per heavy atom. The maximum absolute atomic E-state index is 13.3. The summed E-state index contributed by atoms with van der Waals surface area (Å²) in [5, 5.41) is 0. The second-order valence-corrected chi connectivity index (χ2v) is 6.63. The first kappa shape index (κ1) is 21.0. The van der Waals surface area contributed by atoms with Crippen LogP contribution in [0, 0.1) is 0 Å². The summed E-state index contributed by atoms with van der Waals surface area (Å²) in [4.78, 5) is 12.8. The lowest BCUT2D eigenvalue weighted by atomic mass is 9.84. The van der Waals surface area contributed by atoms with Gasteiger partial charge in [0.25, 0.3) is 0 Å². The molecule has 0 saturated carbocycles. The van der Waals surface area contributed by atoms with Crippen LogP contribution in [0.2, 0.25) is 0 Å². The molecule has 154 valence electrons. The summed E-state index contributed by atoms with van der Waals surface area (Å²) >= 11 is 0. The fourth-order valence-corrected chi connectivity index (χ4v) is 3.59. The summed E-state index contributed by atoms with van der Waals surface area (Å²) in [6.45, 7) is 2.95. The molecule has 0 saturated heterocycles. The molecule has 0 spiro atoms. The first-order chi connectivity index (χ1) is 13.4.